The second-order valence-electron chi connectivity index (χ2n) is 3.62. The van der Waals surface area contributed by atoms with Crippen molar-refractivity contribution in [3.05, 3.63) is 55.9 Å². The molecule has 0 fully saturated rings. The van der Waals surface area contributed by atoms with E-state index in [1.54, 1.807) is 30.3 Å². The highest BCUT2D eigenvalue weighted by Crippen LogP contribution is 2.33. The second kappa shape index (κ2) is 5.94. The van der Waals surface area contributed by atoms with Crippen LogP contribution in [0.25, 0.3) is 0 Å². The van der Waals surface area contributed by atoms with Gasteiger partial charge in [0.25, 0.3) is 0 Å². The number of carbonyl (C=O) groups is 1. The summed E-state index contributed by atoms with van der Waals surface area (Å²) in [4.78, 5) is 10.9. The maximum Gasteiger partial charge on any atom is 0.336 e. The van der Waals surface area contributed by atoms with Gasteiger partial charge in [0.05, 0.1) is 10.0 Å². The van der Waals surface area contributed by atoms with Crippen molar-refractivity contribution >= 4 is 49.4 Å². The predicted molar refractivity (Wildman–Crippen MR) is 80.3 cm³/mol. The van der Waals surface area contributed by atoms with E-state index in [0.717, 1.165) is 4.47 Å². The van der Waals surface area contributed by atoms with Gasteiger partial charge in [0, 0.05) is 9.50 Å². The molecule has 2 aromatic rings. The molecule has 0 aliphatic carbocycles. The van der Waals surface area contributed by atoms with Crippen LogP contribution >= 0.6 is 43.5 Å². The summed E-state index contributed by atoms with van der Waals surface area (Å²) in [6.45, 7) is 0. The maximum atomic E-state index is 10.9. The summed E-state index contributed by atoms with van der Waals surface area (Å²) in [5.41, 5.74) is 0.183. The second-order valence-corrected chi connectivity index (χ2v) is 5.77. The molecule has 0 saturated carbocycles. The van der Waals surface area contributed by atoms with Gasteiger partial charge in [-0.3, -0.25) is 0 Å². The average Bonchev–Trinajstić information content (AvgIpc) is 2.32. The number of aromatic carboxylic acids is 1. The molecule has 0 radical (unpaired) electrons. The Bertz CT molecular complexity index is 644. The monoisotopic (exact) mass is 404 g/mol. The summed E-state index contributed by atoms with van der Waals surface area (Å²) in [6.07, 6.45) is 0. The highest BCUT2D eigenvalue weighted by Gasteiger charge is 2.10. The maximum absolute atomic E-state index is 10.9. The molecular formula is C13H7Br2ClO3. The Hall–Kier alpha value is -1.04. The number of carboxylic acids is 1. The zero-order chi connectivity index (χ0) is 14.0. The van der Waals surface area contributed by atoms with Crippen molar-refractivity contribution in [2.45, 2.75) is 0 Å². The van der Waals surface area contributed by atoms with E-state index in [4.69, 9.17) is 21.4 Å². The molecule has 2 rings (SSSR count). The predicted octanol–water partition coefficient (Wildman–Crippen LogP) is 5.36. The van der Waals surface area contributed by atoms with Crippen LogP contribution in [0.5, 0.6) is 11.5 Å². The molecule has 0 unspecified atom stereocenters. The first-order chi connectivity index (χ1) is 8.97. The van der Waals surface area contributed by atoms with E-state index in [9.17, 15) is 4.79 Å². The van der Waals surface area contributed by atoms with Gasteiger partial charge in [0.1, 0.15) is 11.5 Å². The largest absolute Gasteiger partial charge is 0.478 e. The summed E-state index contributed by atoms with van der Waals surface area (Å²) < 4.78 is 6.83. The lowest BCUT2D eigenvalue weighted by molar-refractivity contribution is 0.0696. The van der Waals surface area contributed by atoms with Gasteiger partial charge in [-0.15, -0.1) is 0 Å². The quantitative estimate of drug-likeness (QED) is 0.747. The van der Waals surface area contributed by atoms with Crippen LogP contribution in [-0.2, 0) is 0 Å². The normalized spacial score (nSPS) is 10.3. The van der Waals surface area contributed by atoms with Crippen LogP contribution in [0, 0.1) is 0 Å². The van der Waals surface area contributed by atoms with Crippen molar-refractivity contribution in [2.75, 3.05) is 0 Å². The molecule has 0 atom stereocenters. The molecule has 0 aromatic heterocycles. The molecule has 0 aliphatic heterocycles. The van der Waals surface area contributed by atoms with Crippen LogP contribution in [0.2, 0.25) is 5.02 Å². The van der Waals surface area contributed by atoms with E-state index in [1.165, 1.54) is 6.07 Å². The third kappa shape index (κ3) is 3.49. The summed E-state index contributed by atoms with van der Waals surface area (Å²) >= 11 is 12.4. The minimum absolute atomic E-state index is 0.183. The summed E-state index contributed by atoms with van der Waals surface area (Å²) in [7, 11) is 0. The molecule has 6 heteroatoms. The van der Waals surface area contributed by atoms with E-state index in [-0.39, 0.29) is 5.56 Å². The first kappa shape index (κ1) is 14.4. The number of rotatable bonds is 3. The summed E-state index contributed by atoms with van der Waals surface area (Å²) in [6, 6.07) is 9.83. The molecule has 0 spiro atoms. The Morgan fingerprint density at radius 1 is 1.11 bits per heavy atom. The van der Waals surface area contributed by atoms with Gasteiger partial charge in [0.2, 0.25) is 0 Å². The van der Waals surface area contributed by atoms with Gasteiger partial charge in [-0.2, -0.15) is 0 Å². The van der Waals surface area contributed by atoms with Crippen molar-refractivity contribution in [3.8, 4) is 11.5 Å². The molecule has 2 aromatic carbocycles. The van der Waals surface area contributed by atoms with Crippen LogP contribution in [0.4, 0.5) is 0 Å². The highest BCUT2D eigenvalue weighted by atomic mass is 79.9. The molecule has 1 N–H and O–H groups in total. The van der Waals surface area contributed by atoms with Gasteiger partial charge < -0.3 is 9.84 Å². The van der Waals surface area contributed by atoms with Crippen molar-refractivity contribution in [3.63, 3.8) is 0 Å². The SMILES string of the molecule is O=C(O)c1ccc(Oc2ccc(Cl)cc2Br)cc1Br. The lowest BCUT2D eigenvalue weighted by atomic mass is 10.2. The van der Waals surface area contributed by atoms with Gasteiger partial charge in [0.15, 0.2) is 0 Å². The van der Waals surface area contributed by atoms with Gasteiger partial charge in [-0.25, -0.2) is 4.79 Å². The van der Waals surface area contributed by atoms with Crippen molar-refractivity contribution in [2.24, 2.45) is 0 Å². The number of halogens is 3. The van der Waals surface area contributed by atoms with E-state index in [2.05, 4.69) is 31.9 Å². The fourth-order valence-corrected chi connectivity index (χ4v) is 2.71. The lowest BCUT2D eigenvalue weighted by Gasteiger charge is -2.09. The first-order valence-electron chi connectivity index (χ1n) is 5.13. The molecule has 3 nitrogen and oxygen atoms in total. The standard InChI is InChI=1S/C13H7Br2ClO3/c14-10-6-8(2-3-9(10)13(17)18)19-12-4-1-7(16)5-11(12)15/h1-6H,(H,17,18). The van der Waals surface area contributed by atoms with Crippen molar-refractivity contribution in [1.29, 1.82) is 0 Å². The van der Waals surface area contributed by atoms with E-state index in [1.807, 2.05) is 0 Å². The number of hydrogen-bond acceptors (Lipinski definition) is 2. The van der Waals surface area contributed by atoms with E-state index < -0.39 is 5.97 Å². The third-order valence-corrected chi connectivity index (χ3v) is 3.80. The number of carboxylic acid groups (broad SMARTS) is 1. The van der Waals surface area contributed by atoms with Crippen LogP contribution in [0.1, 0.15) is 10.4 Å². The van der Waals surface area contributed by atoms with Crippen LogP contribution < -0.4 is 4.74 Å². The zero-order valence-corrected chi connectivity index (χ0v) is 13.3. The molecule has 19 heavy (non-hydrogen) atoms. The number of hydrogen-bond donors (Lipinski definition) is 1. The smallest absolute Gasteiger partial charge is 0.336 e. The Balaban J connectivity index is 2.29. The fourth-order valence-electron chi connectivity index (χ4n) is 1.42. The van der Waals surface area contributed by atoms with Crippen LogP contribution in [0.15, 0.2) is 45.3 Å². The average molecular weight is 406 g/mol. The van der Waals surface area contributed by atoms with Crippen molar-refractivity contribution in [1.82, 2.24) is 0 Å². The lowest BCUT2D eigenvalue weighted by Crippen LogP contribution is -1.97. The van der Waals surface area contributed by atoms with E-state index in [0.29, 0.717) is 21.0 Å². The molecular weight excluding hydrogens is 399 g/mol. The highest BCUT2D eigenvalue weighted by molar-refractivity contribution is 9.10. The summed E-state index contributed by atoms with van der Waals surface area (Å²) in [5, 5.41) is 9.53. The first-order valence-corrected chi connectivity index (χ1v) is 7.09. The van der Waals surface area contributed by atoms with Crippen LogP contribution in [-0.4, -0.2) is 11.1 Å². The Kier molecular flexibility index (Phi) is 4.50. The van der Waals surface area contributed by atoms with Gasteiger partial charge in [-0.05, 0) is 68.3 Å². The molecule has 98 valence electrons. The minimum Gasteiger partial charge on any atom is -0.478 e. The molecule has 0 bridgehead atoms. The van der Waals surface area contributed by atoms with Gasteiger partial charge in [-0.1, -0.05) is 11.6 Å². The molecule has 0 saturated heterocycles. The molecule has 0 heterocycles. The Labute approximate surface area is 131 Å². The van der Waals surface area contributed by atoms with Crippen LogP contribution in [0.3, 0.4) is 0 Å². The van der Waals surface area contributed by atoms with Crippen molar-refractivity contribution < 1.29 is 14.6 Å². The minimum atomic E-state index is -0.994. The Morgan fingerprint density at radius 3 is 2.42 bits per heavy atom. The topological polar surface area (TPSA) is 46.5 Å². The molecule has 0 amide bonds. The number of benzene rings is 2. The Morgan fingerprint density at radius 2 is 1.84 bits per heavy atom. The third-order valence-electron chi connectivity index (χ3n) is 2.29. The molecule has 0 aliphatic rings. The number of ether oxygens (including phenoxy) is 1. The van der Waals surface area contributed by atoms with E-state index >= 15 is 0 Å². The fraction of sp³-hybridized carbons (Fsp3) is 0. The summed E-state index contributed by atoms with van der Waals surface area (Å²) in [5.74, 6) is 0.130. The zero-order valence-electron chi connectivity index (χ0n) is 9.36. The van der Waals surface area contributed by atoms with Gasteiger partial charge >= 0.3 is 5.97 Å².